The average Bonchev–Trinajstić information content (AvgIpc) is 3.56. The monoisotopic (exact) mass is 413 g/mol. The zero-order chi connectivity index (χ0) is 20.4. The number of carbonyl (C=O) groups is 1. The van der Waals surface area contributed by atoms with Gasteiger partial charge in [0.25, 0.3) is 0 Å². The van der Waals surface area contributed by atoms with Gasteiger partial charge < -0.3 is 24.3 Å². The minimum absolute atomic E-state index is 0.0589. The van der Waals surface area contributed by atoms with Gasteiger partial charge in [-0.1, -0.05) is 11.6 Å². The smallest absolute Gasteiger partial charge is 0.407 e. The van der Waals surface area contributed by atoms with Gasteiger partial charge in [-0.3, -0.25) is 0 Å². The zero-order valence-corrected chi connectivity index (χ0v) is 18.6. The standard InChI is InChI=1S/C21H35NO5S/c1-14(2)7-8-16-20(3,27-16)18-17(24-4)15(9-10-21(18)13-25-21)26-19(23)22-11-6-12-28-5/h7,15-18H,6,8-13H2,1-5H3,(H,22,23). The van der Waals surface area contributed by atoms with E-state index in [1.807, 2.05) is 0 Å². The molecule has 0 radical (unpaired) electrons. The Hall–Kier alpha value is -0.760. The molecule has 0 aromatic rings. The molecule has 3 rings (SSSR count). The lowest BCUT2D eigenvalue weighted by Gasteiger charge is -2.42. The van der Waals surface area contributed by atoms with Crippen molar-refractivity contribution < 1.29 is 23.7 Å². The van der Waals surface area contributed by atoms with E-state index in [-0.39, 0.29) is 41.5 Å². The second kappa shape index (κ2) is 8.94. The minimum atomic E-state index is -0.359. The number of alkyl carbamates (subject to hydrolysis) is 1. The fraction of sp³-hybridized carbons (Fsp3) is 0.857. The van der Waals surface area contributed by atoms with Crippen molar-refractivity contribution in [3.8, 4) is 0 Å². The summed E-state index contributed by atoms with van der Waals surface area (Å²) in [5.74, 6) is 1.08. The second-order valence-electron chi connectivity index (χ2n) is 8.59. The predicted octanol–water partition coefficient (Wildman–Crippen LogP) is 3.54. The maximum atomic E-state index is 12.3. The van der Waals surface area contributed by atoms with Crippen molar-refractivity contribution in [2.24, 2.45) is 5.92 Å². The van der Waals surface area contributed by atoms with E-state index in [0.717, 1.165) is 38.0 Å². The van der Waals surface area contributed by atoms with Crippen molar-refractivity contribution in [3.05, 3.63) is 11.6 Å². The Morgan fingerprint density at radius 1 is 1.39 bits per heavy atom. The van der Waals surface area contributed by atoms with E-state index in [4.69, 9.17) is 18.9 Å². The number of carbonyl (C=O) groups excluding carboxylic acids is 1. The van der Waals surface area contributed by atoms with Crippen LogP contribution in [0.15, 0.2) is 11.6 Å². The Labute approximate surface area is 173 Å². The first-order valence-electron chi connectivity index (χ1n) is 10.3. The number of thioether (sulfide) groups is 1. The minimum Gasteiger partial charge on any atom is -0.443 e. The Bertz CT molecular complexity index is 589. The van der Waals surface area contributed by atoms with Crippen LogP contribution in [0.1, 0.15) is 46.5 Å². The topological polar surface area (TPSA) is 72.6 Å². The summed E-state index contributed by atoms with van der Waals surface area (Å²) in [6, 6.07) is 0. The highest BCUT2D eigenvalue weighted by Gasteiger charge is 2.72. The van der Waals surface area contributed by atoms with Gasteiger partial charge in [-0.25, -0.2) is 4.79 Å². The number of hydrogen-bond acceptors (Lipinski definition) is 6. The van der Waals surface area contributed by atoms with E-state index in [1.54, 1.807) is 18.9 Å². The lowest BCUT2D eigenvalue weighted by molar-refractivity contribution is -0.118. The van der Waals surface area contributed by atoms with Crippen LogP contribution in [0.25, 0.3) is 0 Å². The second-order valence-corrected chi connectivity index (χ2v) is 9.58. The molecule has 1 aliphatic carbocycles. The summed E-state index contributed by atoms with van der Waals surface area (Å²) >= 11 is 1.77. The molecule has 3 fully saturated rings. The molecule has 2 aliphatic heterocycles. The molecular weight excluding hydrogens is 378 g/mol. The average molecular weight is 414 g/mol. The van der Waals surface area contributed by atoms with Crippen LogP contribution in [0.2, 0.25) is 0 Å². The van der Waals surface area contributed by atoms with Gasteiger partial charge >= 0.3 is 6.09 Å². The summed E-state index contributed by atoms with van der Waals surface area (Å²) in [4.78, 5) is 12.3. The first-order valence-corrected chi connectivity index (χ1v) is 11.7. The molecule has 160 valence electrons. The van der Waals surface area contributed by atoms with Gasteiger partial charge in [-0.2, -0.15) is 11.8 Å². The quantitative estimate of drug-likeness (QED) is 0.354. The summed E-state index contributed by atoms with van der Waals surface area (Å²) in [5.41, 5.74) is 0.797. The molecular formula is C21H35NO5S. The molecule has 2 saturated heterocycles. The molecule has 6 nitrogen and oxygen atoms in total. The third-order valence-electron chi connectivity index (χ3n) is 6.29. The highest BCUT2D eigenvalue weighted by atomic mass is 32.2. The Kier molecular flexibility index (Phi) is 7.00. The van der Waals surface area contributed by atoms with Gasteiger partial charge in [0.1, 0.15) is 23.4 Å². The Balaban J connectivity index is 1.64. The van der Waals surface area contributed by atoms with Crippen molar-refractivity contribution in [3.63, 3.8) is 0 Å². The summed E-state index contributed by atoms with van der Waals surface area (Å²) in [6.07, 6.45) is 7.02. The molecule has 7 heteroatoms. The molecule has 0 bridgehead atoms. The molecule has 1 N–H and O–H groups in total. The van der Waals surface area contributed by atoms with Crippen molar-refractivity contribution in [1.29, 1.82) is 0 Å². The normalized spacial score (nSPS) is 38.8. The Morgan fingerprint density at radius 3 is 2.75 bits per heavy atom. The molecule has 1 saturated carbocycles. The summed E-state index contributed by atoms with van der Waals surface area (Å²) in [5, 5.41) is 2.86. The van der Waals surface area contributed by atoms with E-state index >= 15 is 0 Å². The molecule has 0 aromatic heterocycles. The molecule has 2 heterocycles. The van der Waals surface area contributed by atoms with Crippen LogP contribution >= 0.6 is 11.8 Å². The van der Waals surface area contributed by atoms with Gasteiger partial charge in [0.15, 0.2) is 0 Å². The van der Waals surface area contributed by atoms with E-state index in [9.17, 15) is 4.79 Å². The summed E-state index contributed by atoms with van der Waals surface area (Å²) in [7, 11) is 1.70. The highest BCUT2D eigenvalue weighted by molar-refractivity contribution is 7.98. The van der Waals surface area contributed by atoms with Crippen LogP contribution in [0.4, 0.5) is 4.79 Å². The van der Waals surface area contributed by atoms with E-state index in [2.05, 4.69) is 38.4 Å². The highest BCUT2D eigenvalue weighted by Crippen LogP contribution is 2.59. The maximum absolute atomic E-state index is 12.3. The van der Waals surface area contributed by atoms with Crippen molar-refractivity contribution in [2.75, 3.05) is 32.3 Å². The van der Waals surface area contributed by atoms with Crippen LogP contribution in [0.3, 0.4) is 0 Å². The number of amides is 1. The van der Waals surface area contributed by atoms with Crippen LogP contribution < -0.4 is 5.32 Å². The van der Waals surface area contributed by atoms with Gasteiger partial charge in [0.2, 0.25) is 0 Å². The molecule has 1 amide bonds. The number of allylic oxidation sites excluding steroid dienone is 1. The summed E-state index contributed by atoms with van der Waals surface area (Å²) in [6.45, 7) is 7.73. The number of methoxy groups -OCH3 is 1. The van der Waals surface area contributed by atoms with Crippen LogP contribution in [-0.2, 0) is 18.9 Å². The predicted molar refractivity (Wildman–Crippen MR) is 111 cm³/mol. The fourth-order valence-electron chi connectivity index (χ4n) is 4.66. The largest absolute Gasteiger partial charge is 0.443 e. The van der Waals surface area contributed by atoms with Crippen LogP contribution in [-0.4, -0.2) is 67.9 Å². The first kappa shape index (κ1) is 21.9. The number of rotatable bonds is 9. The lowest BCUT2D eigenvalue weighted by Crippen LogP contribution is -2.56. The van der Waals surface area contributed by atoms with Crippen LogP contribution in [0.5, 0.6) is 0 Å². The van der Waals surface area contributed by atoms with Gasteiger partial charge in [-0.15, -0.1) is 0 Å². The number of ether oxygens (including phenoxy) is 4. The number of hydrogen-bond donors (Lipinski definition) is 1. The molecule has 6 atom stereocenters. The lowest BCUT2D eigenvalue weighted by atomic mass is 9.68. The van der Waals surface area contributed by atoms with Crippen LogP contribution in [0, 0.1) is 5.92 Å². The number of epoxide rings is 2. The molecule has 3 aliphatic rings. The first-order chi connectivity index (χ1) is 13.4. The maximum Gasteiger partial charge on any atom is 0.407 e. The van der Waals surface area contributed by atoms with Gasteiger partial charge in [-0.05, 0) is 58.5 Å². The SMILES string of the molecule is COC1C(OC(=O)NCCCSC)CCC2(CO2)C1C1(C)OC1CC=C(C)C. The van der Waals surface area contributed by atoms with Crippen molar-refractivity contribution >= 4 is 17.9 Å². The fourth-order valence-corrected chi connectivity index (χ4v) is 5.09. The Morgan fingerprint density at radius 2 is 2.14 bits per heavy atom. The van der Waals surface area contributed by atoms with Crippen molar-refractivity contribution in [1.82, 2.24) is 5.32 Å². The van der Waals surface area contributed by atoms with Crippen molar-refractivity contribution in [2.45, 2.75) is 76.0 Å². The van der Waals surface area contributed by atoms with E-state index in [0.29, 0.717) is 6.54 Å². The van der Waals surface area contributed by atoms with Gasteiger partial charge in [0.05, 0.1) is 18.6 Å². The molecule has 0 aromatic carbocycles. The molecule has 1 spiro atoms. The van der Waals surface area contributed by atoms with E-state index in [1.165, 1.54) is 5.57 Å². The third kappa shape index (κ3) is 4.69. The summed E-state index contributed by atoms with van der Waals surface area (Å²) < 4.78 is 23.8. The number of nitrogens with one attached hydrogen (secondary N) is 1. The molecule has 6 unspecified atom stereocenters. The molecule has 28 heavy (non-hydrogen) atoms. The zero-order valence-electron chi connectivity index (χ0n) is 17.8. The van der Waals surface area contributed by atoms with E-state index < -0.39 is 0 Å². The van der Waals surface area contributed by atoms with Gasteiger partial charge in [0, 0.05) is 13.7 Å². The third-order valence-corrected chi connectivity index (χ3v) is 6.99.